The van der Waals surface area contributed by atoms with Crippen LogP contribution in [-0.2, 0) is 4.79 Å². The summed E-state index contributed by atoms with van der Waals surface area (Å²) >= 11 is 0. The third kappa shape index (κ3) is 3.32. The van der Waals surface area contributed by atoms with Gasteiger partial charge >= 0.3 is 5.97 Å². The smallest absolute Gasteiger partial charge is 0.322 e. The van der Waals surface area contributed by atoms with E-state index in [2.05, 4.69) is 13.8 Å². The van der Waals surface area contributed by atoms with Gasteiger partial charge in [0.2, 0.25) is 0 Å². The highest BCUT2D eigenvalue weighted by Gasteiger charge is 2.25. The number of nitrogens with zero attached hydrogens (tertiary/aromatic N) is 1. The Labute approximate surface area is 79.7 Å². The molecule has 4 heteroatoms. The Morgan fingerprint density at radius 2 is 1.92 bits per heavy atom. The van der Waals surface area contributed by atoms with Crippen LogP contribution in [0.1, 0.15) is 20.8 Å². The van der Waals surface area contributed by atoms with Crippen molar-refractivity contribution < 1.29 is 9.90 Å². The molecular weight excluding hydrogens is 168 g/mol. The van der Waals surface area contributed by atoms with Crippen molar-refractivity contribution in [3.8, 4) is 0 Å². The SMILES string of the molecule is CC(C)C(C)N(C)C(CN)C(=O)O. The molecule has 0 aromatic heterocycles. The summed E-state index contributed by atoms with van der Waals surface area (Å²) in [7, 11) is 1.80. The van der Waals surface area contributed by atoms with Crippen LogP contribution in [0.15, 0.2) is 0 Å². The van der Waals surface area contributed by atoms with Crippen LogP contribution in [0.3, 0.4) is 0 Å². The van der Waals surface area contributed by atoms with Crippen molar-refractivity contribution in [1.29, 1.82) is 0 Å². The van der Waals surface area contributed by atoms with Gasteiger partial charge in [0.1, 0.15) is 6.04 Å². The molecule has 4 nitrogen and oxygen atoms in total. The Morgan fingerprint density at radius 1 is 1.46 bits per heavy atom. The van der Waals surface area contributed by atoms with Crippen molar-refractivity contribution in [3.05, 3.63) is 0 Å². The molecule has 0 aromatic rings. The number of aliphatic carboxylic acids is 1. The maximum atomic E-state index is 10.8. The molecule has 0 heterocycles. The molecule has 2 atom stereocenters. The van der Waals surface area contributed by atoms with Crippen LogP contribution in [-0.4, -0.2) is 41.7 Å². The second-order valence-corrected chi connectivity index (χ2v) is 3.74. The number of carboxylic acids is 1. The molecule has 0 saturated heterocycles. The monoisotopic (exact) mass is 188 g/mol. The Balaban J connectivity index is 4.36. The maximum absolute atomic E-state index is 10.8. The molecule has 0 aliphatic rings. The van der Waals surface area contributed by atoms with Crippen molar-refractivity contribution >= 4 is 5.97 Å². The van der Waals surface area contributed by atoms with Gasteiger partial charge in [0.15, 0.2) is 0 Å². The minimum atomic E-state index is -0.850. The van der Waals surface area contributed by atoms with Gasteiger partial charge in [0.05, 0.1) is 0 Å². The van der Waals surface area contributed by atoms with E-state index in [4.69, 9.17) is 10.8 Å². The van der Waals surface area contributed by atoms with E-state index in [-0.39, 0.29) is 12.6 Å². The summed E-state index contributed by atoms with van der Waals surface area (Å²) in [5.41, 5.74) is 5.39. The number of carboxylic acid groups (broad SMARTS) is 1. The van der Waals surface area contributed by atoms with E-state index in [1.54, 1.807) is 7.05 Å². The normalized spacial score (nSPS) is 16.2. The maximum Gasteiger partial charge on any atom is 0.322 e. The predicted molar refractivity (Wildman–Crippen MR) is 52.5 cm³/mol. The molecular formula is C9H20N2O2. The molecule has 78 valence electrons. The highest BCUT2D eigenvalue weighted by atomic mass is 16.4. The van der Waals surface area contributed by atoms with Gasteiger partial charge in [-0.05, 0) is 19.9 Å². The number of likely N-dealkylation sites (N-methyl/N-ethyl adjacent to an activating group) is 1. The van der Waals surface area contributed by atoms with Crippen molar-refractivity contribution in [2.45, 2.75) is 32.9 Å². The lowest BCUT2D eigenvalue weighted by atomic mass is 10.0. The van der Waals surface area contributed by atoms with Gasteiger partial charge in [-0.3, -0.25) is 9.69 Å². The van der Waals surface area contributed by atoms with Crippen LogP contribution < -0.4 is 5.73 Å². The van der Waals surface area contributed by atoms with Gasteiger partial charge in [0, 0.05) is 12.6 Å². The molecule has 0 amide bonds. The van der Waals surface area contributed by atoms with Crippen LogP contribution in [0.5, 0.6) is 0 Å². The van der Waals surface area contributed by atoms with E-state index in [1.807, 2.05) is 11.8 Å². The molecule has 0 aromatic carbocycles. The molecule has 3 N–H and O–H groups in total. The number of nitrogens with two attached hydrogens (primary N) is 1. The van der Waals surface area contributed by atoms with Gasteiger partial charge in [-0.2, -0.15) is 0 Å². The number of hydrogen-bond donors (Lipinski definition) is 2. The molecule has 0 saturated carbocycles. The lowest BCUT2D eigenvalue weighted by Gasteiger charge is -2.32. The highest BCUT2D eigenvalue weighted by Crippen LogP contribution is 2.10. The second-order valence-electron chi connectivity index (χ2n) is 3.74. The van der Waals surface area contributed by atoms with E-state index in [0.717, 1.165) is 0 Å². The summed E-state index contributed by atoms with van der Waals surface area (Å²) < 4.78 is 0. The summed E-state index contributed by atoms with van der Waals surface area (Å²) in [5, 5.41) is 8.85. The van der Waals surface area contributed by atoms with Crippen molar-refractivity contribution in [3.63, 3.8) is 0 Å². The summed E-state index contributed by atoms with van der Waals surface area (Å²) in [6.07, 6.45) is 0. The first-order valence-electron chi connectivity index (χ1n) is 4.56. The number of carbonyl (C=O) groups is 1. The summed E-state index contributed by atoms with van der Waals surface area (Å²) in [6, 6.07) is -0.345. The Bertz CT molecular complexity index is 171. The van der Waals surface area contributed by atoms with Gasteiger partial charge in [-0.25, -0.2) is 0 Å². The van der Waals surface area contributed by atoms with E-state index in [1.165, 1.54) is 0 Å². The van der Waals surface area contributed by atoms with Crippen molar-refractivity contribution in [1.82, 2.24) is 4.90 Å². The van der Waals surface area contributed by atoms with Gasteiger partial charge in [-0.1, -0.05) is 13.8 Å². The van der Waals surface area contributed by atoms with Crippen LogP contribution in [0.25, 0.3) is 0 Å². The molecule has 0 rings (SSSR count). The zero-order valence-corrected chi connectivity index (χ0v) is 8.82. The first-order chi connectivity index (χ1) is 5.91. The van der Waals surface area contributed by atoms with Gasteiger partial charge < -0.3 is 10.8 Å². The third-order valence-electron chi connectivity index (χ3n) is 2.61. The Kier molecular flexibility index (Phi) is 4.95. The van der Waals surface area contributed by atoms with Crippen LogP contribution in [0.2, 0.25) is 0 Å². The van der Waals surface area contributed by atoms with Gasteiger partial charge in [-0.15, -0.1) is 0 Å². The Hall–Kier alpha value is -0.610. The first-order valence-corrected chi connectivity index (χ1v) is 4.56. The van der Waals surface area contributed by atoms with Crippen LogP contribution >= 0.6 is 0 Å². The fourth-order valence-corrected chi connectivity index (χ4v) is 1.20. The third-order valence-corrected chi connectivity index (χ3v) is 2.61. The standard InChI is InChI=1S/C9H20N2O2/c1-6(2)7(3)11(4)8(5-10)9(12)13/h6-8H,5,10H2,1-4H3,(H,12,13). The largest absolute Gasteiger partial charge is 0.480 e. The fourth-order valence-electron chi connectivity index (χ4n) is 1.20. The molecule has 0 spiro atoms. The van der Waals surface area contributed by atoms with Crippen molar-refractivity contribution in [2.75, 3.05) is 13.6 Å². The number of rotatable bonds is 5. The van der Waals surface area contributed by atoms with Crippen LogP contribution in [0, 0.1) is 5.92 Å². The average molecular weight is 188 g/mol. The minimum Gasteiger partial charge on any atom is -0.480 e. The average Bonchev–Trinajstić information content (AvgIpc) is 2.03. The minimum absolute atomic E-state index is 0.156. The molecule has 0 radical (unpaired) electrons. The van der Waals surface area contributed by atoms with E-state index in [0.29, 0.717) is 5.92 Å². The molecule has 2 unspecified atom stereocenters. The molecule has 0 aliphatic heterocycles. The zero-order chi connectivity index (χ0) is 10.6. The quantitative estimate of drug-likeness (QED) is 0.654. The van der Waals surface area contributed by atoms with Crippen molar-refractivity contribution in [2.24, 2.45) is 11.7 Å². The molecule has 0 aliphatic carbocycles. The van der Waals surface area contributed by atoms with E-state index in [9.17, 15) is 4.79 Å². The summed E-state index contributed by atoms with van der Waals surface area (Å²) in [4.78, 5) is 12.6. The van der Waals surface area contributed by atoms with E-state index >= 15 is 0 Å². The highest BCUT2D eigenvalue weighted by molar-refractivity contribution is 5.73. The predicted octanol–water partition coefficient (Wildman–Crippen LogP) is 0.375. The first kappa shape index (κ1) is 12.4. The van der Waals surface area contributed by atoms with Crippen LogP contribution in [0.4, 0.5) is 0 Å². The number of hydrogen-bond acceptors (Lipinski definition) is 3. The summed E-state index contributed by atoms with van der Waals surface area (Å²) in [6.45, 7) is 6.30. The fraction of sp³-hybridized carbons (Fsp3) is 0.889. The van der Waals surface area contributed by atoms with E-state index < -0.39 is 12.0 Å². The molecule has 13 heavy (non-hydrogen) atoms. The summed E-state index contributed by atoms with van der Waals surface area (Å²) in [5.74, 6) is -0.420. The Morgan fingerprint density at radius 3 is 2.15 bits per heavy atom. The lowest BCUT2D eigenvalue weighted by molar-refractivity contribution is -0.143. The molecule has 0 fully saturated rings. The lowest BCUT2D eigenvalue weighted by Crippen LogP contribution is -2.49. The molecule has 0 bridgehead atoms. The second kappa shape index (κ2) is 5.19. The van der Waals surface area contributed by atoms with Gasteiger partial charge in [0.25, 0.3) is 0 Å². The zero-order valence-electron chi connectivity index (χ0n) is 8.82. The topological polar surface area (TPSA) is 66.6 Å².